The fraction of sp³-hybridized carbons (Fsp3) is 0.167. The van der Waals surface area contributed by atoms with Gasteiger partial charge in [-0.2, -0.15) is 0 Å². The Morgan fingerprint density at radius 1 is 1.04 bits per heavy atom. The number of amides is 3. The number of hydrogen-bond acceptors (Lipinski definition) is 3. The molecule has 0 spiro atoms. The standard InChI is InChI=1S/C18H15BrFN3O3/c19-13-3-7-15(8-4-13)23-10-12(9-16(23)24)18(26)22-21-17(25)11-1-5-14(20)6-2-11/h1-8,12H,9-10H2,(H,21,25)(H,22,26)/t12-/m1/s1. The van der Waals surface area contributed by atoms with E-state index >= 15 is 0 Å². The second-order valence-electron chi connectivity index (χ2n) is 5.83. The molecular formula is C18H15BrFN3O3. The van der Waals surface area contributed by atoms with Crippen LogP contribution in [0, 0.1) is 11.7 Å². The van der Waals surface area contributed by atoms with Gasteiger partial charge in [0.25, 0.3) is 5.91 Å². The van der Waals surface area contributed by atoms with Gasteiger partial charge in [0.1, 0.15) is 5.82 Å². The Labute approximate surface area is 157 Å². The lowest BCUT2D eigenvalue weighted by molar-refractivity contribution is -0.126. The Morgan fingerprint density at radius 2 is 1.69 bits per heavy atom. The summed E-state index contributed by atoms with van der Waals surface area (Å²) < 4.78 is 13.8. The van der Waals surface area contributed by atoms with Gasteiger partial charge in [0, 0.05) is 28.7 Å². The maximum Gasteiger partial charge on any atom is 0.269 e. The smallest absolute Gasteiger partial charge is 0.269 e. The summed E-state index contributed by atoms with van der Waals surface area (Å²) in [5, 5.41) is 0. The molecule has 2 aromatic rings. The van der Waals surface area contributed by atoms with Gasteiger partial charge in [-0.3, -0.25) is 25.2 Å². The Balaban J connectivity index is 1.57. The van der Waals surface area contributed by atoms with Gasteiger partial charge in [-0.15, -0.1) is 0 Å². The second kappa shape index (κ2) is 7.65. The zero-order valence-electron chi connectivity index (χ0n) is 13.5. The lowest BCUT2D eigenvalue weighted by Crippen LogP contribution is -2.45. The molecule has 1 heterocycles. The number of nitrogens with zero attached hydrogens (tertiary/aromatic N) is 1. The number of benzene rings is 2. The number of nitrogens with one attached hydrogen (secondary N) is 2. The first kappa shape index (κ1) is 18.1. The molecule has 0 aliphatic carbocycles. The molecule has 2 N–H and O–H groups in total. The highest BCUT2D eigenvalue weighted by molar-refractivity contribution is 9.10. The molecule has 0 saturated carbocycles. The molecule has 1 aliphatic rings. The van der Waals surface area contributed by atoms with E-state index in [1.807, 2.05) is 12.1 Å². The third kappa shape index (κ3) is 4.08. The molecule has 1 saturated heterocycles. The van der Waals surface area contributed by atoms with Crippen molar-refractivity contribution in [2.75, 3.05) is 11.4 Å². The number of halogens is 2. The molecule has 0 aromatic heterocycles. The molecule has 6 nitrogen and oxygen atoms in total. The zero-order valence-corrected chi connectivity index (χ0v) is 15.1. The van der Waals surface area contributed by atoms with E-state index in [0.29, 0.717) is 5.69 Å². The van der Waals surface area contributed by atoms with Crippen molar-refractivity contribution in [2.24, 2.45) is 5.92 Å². The van der Waals surface area contributed by atoms with Gasteiger partial charge in [-0.05, 0) is 48.5 Å². The highest BCUT2D eigenvalue weighted by Crippen LogP contribution is 2.26. The quantitative estimate of drug-likeness (QED) is 0.749. The van der Waals surface area contributed by atoms with Crippen LogP contribution in [0.1, 0.15) is 16.8 Å². The van der Waals surface area contributed by atoms with Gasteiger partial charge in [0.05, 0.1) is 5.92 Å². The summed E-state index contributed by atoms with van der Waals surface area (Å²) in [7, 11) is 0. The fourth-order valence-corrected chi connectivity index (χ4v) is 2.91. The average Bonchev–Trinajstić information content (AvgIpc) is 3.02. The van der Waals surface area contributed by atoms with Crippen LogP contribution in [-0.4, -0.2) is 24.3 Å². The van der Waals surface area contributed by atoms with Crippen LogP contribution in [-0.2, 0) is 9.59 Å². The molecule has 0 radical (unpaired) electrons. The largest absolute Gasteiger partial charge is 0.312 e. The monoisotopic (exact) mass is 419 g/mol. The molecule has 1 aliphatic heterocycles. The van der Waals surface area contributed by atoms with Crippen LogP contribution in [0.15, 0.2) is 53.0 Å². The summed E-state index contributed by atoms with van der Waals surface area (Å²) in [5.41, 5.74) is 5.52. The first-order valence-electron chi connectivity index (χ1n) is 7.86. The van der Waals surface area contributed by atoms with Crippen LogP contribution < -0.4 is 15.8 Å². The van der Waals surface area contributed by atoms with E-state index < -0.39 is 23.5 Å². The van der Waals surface area contributed by atoms with Gasteiger partial charge < -0.3 is 4.90 Å². The Kier molecular flexibility index (Phi) is 5.32. The molecule has 26 heavy (non-hydrogen) atoms. The van der Waals surface area contributed by atoms with Crippen LogP contribution in [0.4, 0.5) is 10.1 Å². The molecule has 3 rings (SSSR count). The summed E-state index contributed by atoms with van der Waals surface area (Å²) in [6.07, 6.45) is 0.0638. The lowest BCUT2D eigenvalue weighted by Gasteiger charge is -2.17. The van der Waals surface area contributed by atoms with Crippen molar-refractivity contribution >= 4 is 39.3 Å². The van der Waals surface area contributed by atoms with Crippen molar-refractivity contribution in [1.82, 2.24) is 10.9 Å². The van der Waals surface area contributed by atoms with Gasteiger partial charge in [-0.1, -0.05) is 15.9 Å². The molecule has 3 amide bonds. The van der Waals surface area contributed by atoms with Crippen molar-refractivity contribution in [3.8, 4) is 0 Å². The molecule has 0 bridgehead atoms. The summed E-state index contributed by atoms with van der Waals surface area (Å²) in [5.74, 6) is -2.19. The first-order valence-corrected chi connectivity index (χ1v) is 8.65. The molecule has 1 atom stereocenters. The van der Waals surface area contributed by atoms with Gasteiger partial charge in [0.15, 0.2) is 0 Å². The topological polar surface area (TPSA) is 78.5 Å². The van der Waals surface area contributed by atoms with Crippen LogP contribution >= 0.6 is 15.9 Å². The van der Waals surface area contributed by atoms with Crippen molar-refractivity contribution < 1.29 is 18.8 Å². The van der Waals surface area contributed by atoms with Crippen LogP contribution in [0.3, 0.4) is 0 Å². The number of hydrazine groups is 1. The highest BCUT2D eigenvalue weighted by Gasteiger charge is 2.35. The molecule has 1 fully saturated rings. The third-order valence-corrected chi connectivity index (χ3v) is 4.57. The molecule has 8 heteroatoms. The maximum absolute atomic E-state index is 12.9. The number of carbonyl (C=O) groups is 3. The number of anilines is 1. The Bertz CT molecular complexity index is 840. The first-order chi connectivity index (χ1) is 12.4. The number of carbonyl (C=O) groups excluding carboxylic acids is 3. The minimum absolute atomic E-state index is 0.0638. The molecular weight excluding hydrogens is 405 g/mol. The molecule has 0 unspecified atom stereocenters. The van der Waals surface area contributed by atoms with Crippen LogP contribution in [0.2, 0.25) is 0 Å². The van der Waals surface area contributed by atoms with Crippen molar-refractivity contribution in [3.05, 3.63) is 64.4 Å². The predicted octanol–water partition coefficient (Wildman–Crippen LogP) is 2.40. The van der Waals surface area contributed by atoms with Gasteiger partial charge in [0.2, 0.25) is 11.8 Å². The maximum atomic E-state index is 12.9. The van der Waals surface area contributed by atoms with E-state index in [-0.39, 0.29) is 24.4 Å². The van der Waals surface area contributed by atoms with E-state index in [4.69, 9.17) is 0 Å². The van der Waals surface area contributed by atoms with Crippen molar-refractivity contribution in [1.29, 1.82) is 0 Å². The van der Waals surface area contributed by atoms with E-state index in [9.17, 15) is 18.8 Å². The fourth-order valence-electron chi connectivity index (χ4n) is 2.65. The SMILES string of the molecule is O=C(NNC(=O)[C@@H]1CC(=O)N(c2ccc(Br)cc2)C1)c1ccc(F)cc1. The minimum atomic E-state index is -0.570. The Hall–Kier alpha value is -2.74. The van der Waals surface area contributed by atoms with Crippen molar-refractivity contribution in [2.45, 2.75) is 6.42 Å². The average molecular weight is 420 g/mol. The van der Waals surface area contributed by atoms with Gasteiger partial charge in [-0.25, -0.2) is 4.39 Å². The summed E-state index contributed by atoms with van der Waals surface area (Å²) in [4.78, 5) is 37.9. The normalized spacial score (nSPS) is 16.5. The minimum Gasteiger partial charge on any atom is -0.312 e. The zero-order chi connectivity index (χ0) is 18.7. The summed E-state index contributed by atoms with van der Waals surface area (Å²) in [6, 6.07) is 12.1. The number of rotatable bonds is 3. The second-order valence-corrected chi connectivity index (χ2v) is 6.75. The van der Waals surface area contributed by atoms with Gasteiger partial charge >= 0.3 is 0 Å². The van der Waals surface area contributed by atoms with E-state index in [1.54, 1.807) is 17.0 Å². The van der Waals surface area contributed by atoms with Crippen LogP contribution in [0.5, 0.6) is 0 Å². The molecule has 2 aromatic carbocycles. The predicted molar refractivity (Wildman–Crippen MR) is 96.6 cm³/mol. The highest BCUT2D eigenvalue weighted by atomic mass is 79.9. The third-order valence-electron chi connectivity index (χ3n) is 4.04. The lowest BCUT2D eigenvalue weighted by atomic mass is 10.1. The molecule has 134 valence electrons. The van der Waals surface area contributed by atoms with Crippen LogP contribution in [0.25, 0.3) is 0 Å². The van der Waals surface area contributed by atoms with Crippen molar-refractivity contribution in [3.63, 3.8) is 0 Å². The van der Waals surface area contributed by atoms with E-state index in [0.717, 1.165) is 16.6 Å². The van der Waals surface area contributed by atoms with E-state index in [2.05, 4.69) is 26.8 Å². The van der Waals surface area contributed by atoms with E-state index in [1.165, 1.54) is 12.1 Å². The summed E-state index contributed by atoms with van der Waals surface area (Å²) >= 11 is 3.33. The number of hydrogen-bond donors (Lipinski definition) is 2. The summed E-state index contributed by atoms with van der Waals surface area (Å²) in [6.45, 7) is 0.235. The Morgan fingerprint density at radius 3 is 2.35 bits per heavy atom.